The number of aryl methyl sites for hydroxylation is 2. The Hall–Kier alpha value is -0.490. The third kappa shape index (κ3) is 3.16. The van der Waals surface area contributed by atoms with E-state index in [0.717, 1.165) is 0 Å². The number of hydrogen-bond donors (Lipinski definition) is 0. The van der Waals surface area contributed by atoms with Crippen LogP contribution in [-0.2, 0) is 0 Å². The van der Waals surface area contributed by atoms with Crippen molar-refractivity contribution in [3.05, 3.63) is 33.9 Å². The number of rotatable bonds is 2. The predicted octanol–water partition coefficient (Wildman–Crippen LogP) is 6.17. The Bertz CT molecular complexity index is 413. The molecule has 106 valence electrons. The van der Waals surface area contributed by atoms with E-state index in [4.69, 9.17) is 11.6 Å². The lowest BCUT2D eigenvalue weighted by Crippen LogP contribution is -2.11. The monoisotopic (exact) mass is 278 g/mol. The molecule has 1 fully saturated rings. The fraction of sp³-hybridized carbons (Fsp3) is 0.667. The quantitative estimate of drug-likeness (QED) is 0.448. The minimum absolute atomic E-state index is 0.205. The van der Waals surface area contributed by atoms with Gasteiger partial charge >= 0.3 is 0 Å². The molecule has 0 aliphatic heterocycles. The molecule has 0 bridgehead atoms. The van der Waals surface area contributed by atoms with Gasteiger partial charge in [-0.1, -0.05) is 31.7 Å². The van der Waals surface area contributed by atoms with Crippen molar-refractivity contribution < 1.29 is 0 Å². The lowest BCUT2D eigenvalue weighted by atomic mass is 9.85. The van der Waals surface area contributed by atoms with Crippen LogP contribution in [0.15, 0.2) is 6.07 Å². The smallest absolute Gasteiger partial charge is 0.0618 e. The van der Waals surface area contributed by atoms with Gasteiger partial charge in [0.25, 0.3) is 0 Å². The van der Waals surface area contributed by atoms with Crippen LogP contribution in [0, 0.1) is 33.6 Å². The maximum atomic E-state index is 6.91. The summed E-state index contributed by atoms with van der Waals surface area (Å²) in [6.45, 7) is 8.90. The molecule has 19 heavy (non-hydrogen) atoms. The molecule has 0 N–H and O–H groups in total. The van der Waals surface area contributed by atoms with Crippen LogP contribution in [0.25, 0.3) is 0 Å². The second-order valence-corrected chi connectivity index (χ2v) is 6.80. The van der Waals surface area contributed by atoms with Crippen molar-refractivity contribution in [2.75, 3.05) is 0 Å². The maximum Gasteiger partial charge on any atom is 0.0618 e. The van der Waals surface area contributed by atoms with E-state index >= 15 is 0 Å². The molecular formula is C18H27Cl. The molecule has 0 radical (unpaired) electrons. The van der Waals surface area contributed by atoms with E-state index in [2.05, 4.69) is 33.8 Å². The van der Waals surface area contributed by atoms with Crippen LogP contribution < -0.4 is 0 Å². The molecule has 1 aliphatic rings. The van der Waals surface area contributed by atoms with E-state index in [0.29, 0.717) is 5.92 Å². The lowest BCUT2D eigenvalue weighted by Gasteiger charge is -2.26. The van der Waals surface area contributed by atoms with Gasteiger partial charge in [0.05, 0.1) is 5.38 Å². The average Bonchev–Trinajstić information content (AvgIpc) is 2.65. The molecule has 1 heteroatoms. The first-order valence-corrected chi connectivity index (χ1v) is 8.17. The number of alkyl halides is 1. The average molecular weight is 279 g/mol. The Morgan fingerprint density at radius 2 is 1.37 bits per heavy atom. The third-order valence-corrected chi connectivity index (χ3v) is 5.59. The minimum Gasteiger partial charge on any atom is -0.118 e. The van der Waals surface area contributed by atoms with Crippen LogP contribution in [-0.4, -0.2) is 0 Å². The van der Waals surface area contributed by atoms with Crippen molar-refractivity contribution in [3.8, 4) is 0 Å². The highest BCUT2D eigenvalue weighted by Crippen LogP contribution is 2.41. The molecule has 0 saturated heterocycles. The summed E-state index contributed by atoms with van der Waals surface area (Å²) in [5.41, 5.74) is 7.01. The number of halogens is 1. The van der Waals surface area contributed by atoms with Crippen LogP contribution in [0.3, 0.4) is 0 Å². The van der Waals surface area contributed by atoms with Crippen molar-refractivity contribution in [3.63, 3.8) is 0 Å². The molecule has 1 saturated carbocycles. The summed E-state index contributed by atoms with van der Waals surface area (Å²) in [4.78, 5) is 0. The molecule has 0 aromatic heterocycles. The molecule has 1 aromatic carbocycles. The second kappa shape index (κ2) is 6.31. The Morgan fingerprint density at radius 1 is 0.895 bits per heavy atom. The molecule has 0 nitrogen and oxygen atoms in total. The Balaban J connectivity index is 2.34. The molecule has 1 atom stereocenters. The van der Waals surface area contributed by atoms with E-state index < -0.39 is 0 Å². The summed E-state index contributed by atoms with van der Waals surface area (Å²) in [6.07, 6.45) is 8.11. The van der Waals surface area contributed by atoms with Gasteiger partial charge in [0, 0.05) is 0 Å². The topological polar surface area (TPSA) is 0 Å². The zero-order valence-corrected chi connectivity index (χ0v) is 13.6. The first kappa shape index (κ1) is 14.9. The fourth-order valence-corrected chi connectivity index (χ4v) is 4.08. The van der Waals surface area contributed by atoms with E-state index in [1.165, 1.54) is 66.3 Å². The number of benzene rings is 1. The highest BCUT2D eigenvalue weighted by molar-refractivity contribution is 6.21. The standard InChI is InChI=1S/C18H27Cl/c1-12-11-13(2)15(4)17(14(12)3)18(19)16-9-7-5-6-8-10-16/h11,16,18H,5-10H2,1-4H3. The molecule has 2 rings (SSSR count). The van der Waals surface area contributed by atoms with Crippen molar-refractivity contribution in [2.24, 2.45) is 5.92 Å². The largest absolute Gasteiger partial charge is 0.118 e. The molecule has 0 spiro atoms. The van der Waals surface area contributed by atoms with Gasteiger partial charge in [0.15, 0.2) is 0 Å². The van der Waals surface area contributed by atoms with Crippen LogP contribution >= 0.6 is 11.6 Å². The van der Waals surface area contributed by atoms with Crippen LogP contribution in [0.5, 0.6) is 0 Å². The van der Waals surface area contributed by atoms with E-state index in [1.54, 1.807) is 0 Å². The summed E-state index contributed by atoms with van der Waals surface area (Å²) >= 11 is 6.91. The first-order chi connectivity index (χ1) is 9.02. The normalized spacial score (nSPS) is 19.2. The SMILES string of the molecule is Cc1cc(C)c(C)c(C(Cl)C2CCCCCC2)c1C. The van der Waals surface area contributed by atoms with Crippen LogP contribution in [0.2, 0.25) is 0 Å². The summed E-state index contributed by atoms with van der Waals surface area (Å²) in [6, 6.07) is 2.30. The van der Waals surface area contributed by atoms with E-state index in [1.807, 2.05) is 0 Å². The van der Waals surface area contributed by atoms with Crippen molar-refractivity contribution in [1.29, 1.82) is 0 Å². The van der Waals surface area contributed by atoms with Gasteiger partial charge in [-0.05, 0) is 74.3 Å². The van der Waals surface area contributed by atoms with Gasteiger partial charge in [-0.2, -0.15) is 0 Å². The highest BCUT2D eigenvalue weighted by Gasteiger charge is 2.25. The van der Waals surface area contributed by atoms with E-state index in [9.17, 15) is 0 Å². The third-order valence-electron chi connectivity index (χ3n) is 5.01. The summed E-state index contributed by atoms with van der Waals surface area (Å²) in [5.74, 6) is 0.669. The second-order valence-electron chi connectivity index (χ2n) is 6.33. The number of hydrogen-bond acceptors (Lipinski definition) is 0. The van der Waals surface area contributed by atoms with E-state index in [-0.39, 0.29) is 5.38 Å². The summed E-state index contributed by atoms with van der Waals surface area (Å²) in [5, 5.41) is 0.205. The summed E-state index contributed by atoms with van der Waals surface area (Å²) in [7, 11) is 0. The maximum absolute atomic E-state index is 6.91. The lowest BCUT2D eigenvalue weighted by molar-refractivity contribution is 0.443. The van der Waals surface area contributed by atoms with Gasteiger partial charge in [0.2, 0.25) is 0 Å². The Morgan fingerprint density at radius 3 is 1.84 bits per heavy atom. The van der Waals surface area contributed by atoms with Crippen molar-refractivity contribution >= 4 is 11.6 Å². The Labute approximate surface area is 123 Å². The van der Waals surface area contributed by atoms with Gasteiger partial charge in [-0.25, -0.2) is 0 Å². The van der Waals surface area contributed by atoms with Crippen LogP contribution in [0.1, 0.15) is 71.7 Å². The zero-order chi connectivity index (χ0) is 14.0. The highest BCUT2D eigenvalue weighted by atomic mass is 35.5. The molecule has 0 amide bonds. The van der Waals surface area contributed by atoms with Gasteiger partial charge < -0.3 is 0 Å². The van der Waals surface area contributed by atoms with Gasteiger partial charge in [-0.15, -0.1) is 11.6 Å². The van der Waals surface area contributed by atoms with Gasteiger partial charge in [-0.3, -0.25) is 0 Å². The summed E-state index contributed by atoms with van der Waals surface area (Å²) < 4.78 is 0. The van der Waals surface area contributed by atoms with Crippen LogP contribution in [0.4, 0.5) is 0 Å². The molecular weight excluding hydrogens is 252 g/mol. The zero-order valence-electron chi connectivity index (χ0n) is 12.9. The van der Waals surface area contributed by atoms with Crippen molar-refractivity contribution in [1.82, 2.24) is 0 Å². The first-order valence-electron chi connectivity index (χ1n) is 7.73. The molecule has 0 heterocycles. The Kier molecular flexibility index (Phi) is 4.95. The predicted molar refractivity (Wildman–Crippen MR) is 85.2 cm³/mol. The fourth-order valence-electron chi connectivity index (χ4n) is 3.50. The van der Waals surface area contributed by atoms with Crippen molar-refractivity contribution in [2.45, 2.75) is 71.6 Å². The molecule has 1 unspecified atom stereocenters. The molecule has 1 aliphatic carbocycles. The van der Waals surface area contributed by atoms with Gasteiger partial charge in [0.1, 0.15) is 0 Å². The molecule has 1 aromatic rings. The minimum atomic E-state index is 0.205.